The van der Waals surface area contributed by atoms with Crippen molar-refractivity contribution in [2.24, 2.45) is 0 Å². The van der Waals surface area contributed by atoms with Gasteiger partial charge in [-0.25, -0.2) is 4.85 Å². The molecule has 17 heavy (non-hydrogen) atoms. The first kappa shape index (κ1) is 13.0. The van der Waals surface area contributed by atoms with Gasteiger partial charge in [0.2, 0.25) is 5.69 Å². The molecule has 0 aliphatic heterocycles. The van der Waals surface area contributed by atoms with Crippen molar-refractivity contribution in [1.82, 2.24) is 0 Å². The molecule has 0 spiro atoms. The van der Waals surface area contributed by atoms with Crippen LogP contribution >= 0.6 is 0 Å². The lowest BCUT2D eigenvalue weighted by Gasteiger charge is -2.06. The molecule has 0 unspecified atom stereocenters. The fraction of sp³-hybridized carbons (Fsp3) is 0.385. The highest BCUT2D eigenvalue weighted by Crippen LogP contribution is 2.28. The molecular formula is C13H15NO3. The summed E-state index contributed by atoms with van der Waals surface area (Å²) in [4.78, 5) is 14.6. The molecule has 1 rings (SSSR count). The molecule has 0 aliphatic carbocycles. The van der Waals surface area contributed by atoms with E-state index in [-0.39, 0.29) is 5.97 Å². The number of hydrogen-bond donors (Lipinski definition) is 0. The van der Waals surface area contributed by atoms with Crippen molar-refractivity contribution in [3.8, 4) is 5.75 Å². The van der Waals surface area contributed by atoms with Crippen molar-refractivity contribution in [2.75, 3.05) is 13.7 Å². The molecule has 0 saturated carbocycles. The summed E-state index contributed by atoms with van der Waals surface area (Å²) in [7, 11) is 1.53. The van der Waals surface area contributed by atoms with Crippen LogP contribution in [-0.2, 0) is 16.0 Å². The van der Waals surface area contributed by atoms with Gasteiger partial charge in [-0.15, -0.1) is 0 Å². The summed E-state index contributed by atoms with van der Waals surface area (Å²) in [6.07, 6.45) is 0.906. The number of carbonyl (C=O) groups is 1. The monoisotopic (exact) mass is 233 g/mol. The van der Waals surface area contributed by atoms with Crippen LogP contribution in [0.5, 0.6) is 5.75 Å². The van der Waals surface area contributed by atoms with E-state index in [2.05, 4.69) is 4.85 Å². The third kappa shape index (κ3) is 3.80. The molecular weight excluding hydrogens is 218 g/mol. The lowest BCUT2D eigenvalue weighted by Crippen LogP contribution is -2.05. The summed E-state index contributed by atoms with van der Waals surface area (Å²) in [5, 5.41) is 0. The maximum atomic E-state index is 11.2. The zero-order chi connectivity index (χ0) is 12.7. The van der Waals surface area contributed by atoms with Gasteiger partial charge in [-0.1, -0.05) is 11.6 Å². The van der Waals surface area contributed by atoms with Gasteiger partial charge in [0, 0.05) is 6.42 Å². The minimum atomic E-state index is -0.215. The van der Waals surface area contributed by atoms with E-state index in [0.29, 0.717) is 30.9 Å². The Balaban J connectivity index is 2.67. The highest BCUT2D eigenvalue weighted by molar-refractivity contribution is 5.70. The first-order valence-corrected chi connectivity index (χ1v) is 5.41. The number of methoxy groups -OCH3 is 1. The normalized spacial score (nSPS) is 9.47. The van der Waals surface area contributed by atoms with Gasteiger partial charge in [0.15, 0.2) is 0 Å². The Kier molecular flexibility index (Phi) is 5.02. The first-order valence-electron chi connectivity index (χ1n) is 5.41. The number of hydrogen-bond acceptors (Lipinski definition) is 3. The molecule has 0 saturated heterocycles. The van der Waals surface area contributed by atoms with Crippen LogP contribution in [0.15, 0.2) is 18.2 Å². The highest BCUT2D eigenvalue weighted by Gasteiger charge is 2.06. The van der Waals surface area contributed by atoms with Crippen LogP contribution in [-0.4, -0.2) is 19.7 Å². The van der Waals surface area contributed by atoms with Crippen LogP contribution < -0.4 is 4.74 Å². The number of esters is 1. The van der Waals surface area contributed by atoms with Gasteiger partial charge in [0.1, 0.15) is 5.75 Å². The maximum Gasteiger partial charge on any atom is 0.306 e. The van der Waals surface area contributed by atoms with Gasteiger partial charge < -0.3 is 9.47 Å². The van der Waals surface area contributed by atoms with Crippen molar-refractivity contribution in [3.05, 3.63) is 35.2 Å². The molecule has 4 nitrogen and oxygen atoms in total. The molecule has 0 aliphatic rings. The lowest BCUT2D eigenvalue weighted by atomic mass is 10.1. The number of carbonyl (C=O) groups excluding carboxylic acids is 1. The number of benzene rings is 1. The Labute approximate surface area is 101 Å². The van der Waals surface area contributed by atoms with Gasteiger partial charge in [-0.2, -0.15) is 0 Å². The van der Waals surface area contributed by atoms with E-state index < -0.39 is 0 Å². The second-order valence-electron chi connectivity index (χ2n) is 3.42. The zero-order valence-electron chi connectivity index (χ0n) is 10.0. The van der Waals surface area contributed by atoms with Gasteiger partial charge >= 0.3 is 5.97 Å². The van der Waals surface area contributed by atoms with E-state index in [0.717, 1.165) is 5.56 Å². The molecule has 0 N–H and O–H groups in total. The van der Waals surface area contributed by atoms with E-state index in [9.17, 15) is 4.79 Å². The Morgan fingerprint density at radius 1 is 1.47 bits per heavy atom. The lowest BCUT2D eigenvalue weighted by molar-refractivity contribution is -0.143. The largest absolute Gasteiger partial charge is 0.508 e. The van der Waals surface area contributed by atoms with Crippen LogP contribution in [0.4, 0.5) is 5.69 Å². The smallest absolute Gasteiger partial charge is 0.306 e. The van der Waals surface area contributed by atoms with Crippen molar-refractivity contribution in [1.29, 1.82) is 0 Å². The molecule has 90 valence electrons. The van der Waals surface area contributed by atoms with Crippen LogP contribution in [0.3, 0.4) is 0 Å². The van der Waals surface area contributed by atoms with E-state index in [1.54, 1.807) is 19.1 Å². The second kappa shape index (κ2) is 6.54. The number of aryl methyl sites for hydroxylation is 1. The molecule has 0 aromatic heterocycles. The predicted molar refractivity (Wildman–Crippen MR) is 64.2 cm³/mol. The van der Waals surface area contributed by atoms with E-state index in [4.69, 9.17) is 16.0 Å². The summed E-state index contributed by atoms with van der Waals surface area (Å²) in [5.41, 5.74) is 1.40. The molecule has 0 fully saturated rings. The van der Waals surface area contributed by atoms with Crippen molar-refractivity contribution >= 4 is 11.7 Å². The van der Waals surface area contributed by atoms with Crippen molar-refractivity contribution < 1.29 is 14.3 Å². The highest BCUT2D eigenvalue weighted by atomic mass is 16.5. The molecule has 0 atom stereocenters. The zero-order valence-corrected chi connectivity index (χ0v) is 10.0. The average Bonchev–Trinajstić information content (AvgIpc) is 2.36. The standard InChI is InChI=1S/C13H15NO3/c1-4-17-13(15)8-6-10-5-7-12(16-3)11(9-10)14-2/h5,7,9H,4,6,8H2,1,3H3. The fourth-order valence-corrected chi connectivity index (χ4v) is 1.46. The maximum absolute atomic E-state index is 11.2. The first-order chi connectivity index (χ1) is 8.21. The van der Waals surface area contributed by atoms with Crippen LogP contribution in [0.1, 0.15) is 18.9 Å². The Bertz CT molecular complexity index is 435. The summed E-state index contributed by atoms with van der Waals surface area (Å²) in [5.74, 6) is 0.340. The molecule has 0 amide bonds. The third-order valence-electron chi connectivity index (χ3n) is 2.29. The van der Waals surface area contributed by atoms with Crippen LogP contribution in [0.2, 0.25) is 0 Å². The molecule has 0 radical (unpaired) electrons. The van der Waals surface area contributed by atoms with Gasteiger partial charge in [-0.05, 0) is 25.5 Å². The minimum absolute atomic E-state index is 0.215. The molecule has 1 aromatic carbocycles. The van der Waals surface area contributed by atoms with Crippen molar-refractivity contribution in [2.45, 2.75) is 19.8 Å². The quantitative estimate of drug-likeness (QED) is 0.580. The summed E-state index contributed by atoms with van der Waals surface area (Å²) >= 11 is 0. The molecule has 0 bridgehead atoms. The van der Waals surface area contributed by atoms with Gasteiger partial charge in [0.05, 0.1) is 20.3 Å². The number of nitrogens with zero attached hydrogens (tertiary/aromatic N) is 1. The summed E-state index contributed by atoms with van der Waals surface area (Å²) < 4.78 is 9.89. The van der Waals surface area contributed by atoms with Gasteiger partial charge in [-0.3, -0.25) is 4.79 Å². The SMILES string of the molecule is [C-]#[N+]c1cc(CCC(=O)OCC)ccc1OC. The van der Waals surface area contributed by atoms with Crippen molar-refractivity contribution in [3.63, 3.8) is 0 Å². The third-order valence-corrected chi connectivity index (χ3v) is 2.29. The summed E-state index contributed by atoms with van der Waals surface area (Å²) in [6, 6.07) is 5.34. The minimum Gasteiger partial charge on any atom is -0.508 e. The molecule has 4 heteroatoms. The van der Waals surface area contributed by atoms with Crippen LogP contribution in [0, 0.1) is 6.57 Å². The Morgan fingerprint density at radius 3 is 2.82 bits per heavy atom. The van der Waals surface area contributed by atoms with E-state index in [1.807, 2.05) is 6.07 Å². The fourth-order valence-electron chi connectivity index (χ4n) is 1.46. The average molecular weight is 233 g/mol. The van der Waals surface area contributed by atoms with E-state index >= 15 is 0 Å². The second-order valence-corrected chi connectivity index (χ2v) is 3.42. The number of ether oxygens (including phenoxy) is 2. The Hall–Kier alpha value is -2.02. The molecule has 1 aromatic rings. The van der Waals surface area contributed by atoms with E-state index in [1.165, 1.54) is 7.11 Å². The molecule has 0 heterocycles. The predicted octanol–water partition coefficient (Wildman–Crippen LogP) is 2.74. The topological polar surface area (TPSA) is 39.9 Å². The van der Waals surface area contributed by atoms with Crippen LogP contribution in [0.25, 0.3) is 4.85 Å². The number of rotatable bonds is 5. The van der Waals surface area contributed by atoms with Gasteiger partial charge in [0.25, 0.3) is 0 Å². The summed E-state index contributed by atoms with van der Waals surface area (Å²) in [6.45, 7) is 9.20. The Morgan fingerprint density at radius 2 is 2.24 bits per heavy atom.